The van der Waals surface area contributed by atoms with E-state index in [-0.39, 0.29) is 22.1 Å². The van der Waals surface area contributed by atoms with E-state index in [1.54, 1.807) is 0 Å². The second kappa shape index (κ2) is 5.24. The van der Waals surface area contributed by atoms with Gasteiger partial charge in [0.25, 0.3) is 0 Å². The lowest BCUT2D eigenvalue weighted by Gasteiger charge is -2.03. The van der Waals surface area contributed by atoms with Gasteiger partial charge in [0.1, 0.15) is 5.75 Å². The van der Waals surface area contributed by atoms with Gasteiger partial charge in [0.2, 0.25) is 0 Å². The lowest BCUT2D eigenvalue weighted by Crippen LogP contribution is -2.22. The summed E-state index contributed by atoms with van der Waals surface area (Å²) in [4.78, 5) is 10.5. The Morgan fingerprint density at radius 2 is 1.82 bits per heavy atom. The molecule has 1 aromatic carbocycles. The Balaban J connectivity index is 2.82. The van der Waals surface area contributed by atoms with E-state index in [1.165, 1.54) is 24.3 Å². The maximum absolute atomic E-state index is 11.5. The Labute approximate surface area is 104 Å². The first-order valence-electron chi connectivity index (χ1n) is 4.61. The Morgan fingerprint density at radius 1 is 1.29 bits per heavy atom. The third-order valence-electron chi connectivity index (χ3n) is 1.95. The average molecular weight is 273 g/mol. The third kappa shape index (κ3) is 4.49. The SMILES string of the molecule is NC(=S)CS(=O)(=O)Cc1ccc(C(=O)O)cc1. The molecule has 0 radical (unpaired) electrons. The molecule has 0 aliphatic carbocycles. The van der Waals surface area contributed by atoms with E-state index in [1.807, 2.05) is 0 Å². The molecule has 0 unspecified atom stereocenters. The highest BCUT2D eigenvalue weighted by atomic mass is 32.2. The quantitative estimate of drug-likeness (QED) is 0.762. The first-order valence-corrected chi connectivity index (χ1v) is 6.84. The molecule has 0 aliphatic rings. The number of sulfone groups is 1. The lowest BCUT2D eigenvalue weighted by molar-refractivity contribution is 0.0697. The van der Waals surface area contributed by atoms with Crippen molar-refractivity contribution in [2.75, 3.05) is 5.75 Å². The Morgan fingerprint density at radius 3 is 2.24 bits per heavy atom. The molecule has 0 aromatic heterocycles. The largest absolute Gasteiger partial charge is 0.478 e. The van der Waals surface area contributed by atoms with E-state index in [9.17, 15) is 13.2 Å². The van der Waals surface area contributed by atoms with Crippen molar-refractivity contribution in [1.29, 1.82) is 0 Å². The Bertz CT molecular complexity index is 534. The van der Waals surface area contributed by atoms with Crippen LogP contribution in [0.25, 0.3) is 0 Å². The fourth-order valence-corrected chi connectivity index (χ4v) is 3.04. The van der Waals surface area contributed by atoms with Crippen LogP contribution in [-0.2, 0) is 15.6 Å². The molecule has 0 fully saturated rings. The molecule has 0 bridgehead atoms. The number of carbonyl (C=O) groups is 1. The van der Waals surface area contributed by atoms with Crippen LogP contribution in [-0.4, -0.2) is 30.2 Å². The summed E-state index contributed by atoms with van der Waals surface area (Å²) < 4.78 is 23.1. The summed E-state index contributed by atoms with van der Waals surface area (Å²) >= 11 is 4.54. The maximum atomic E-state index is 11.5. The van der Waals surface area contributed by atoms with E-state index >= 15 is 0 Å². The first-order chi connectivity index (χ1) is 7.80. The van der Waals surface area contributed by atoms with Crippen LogP contribution in [0.1, 0.15) is 15.9 Å². The minimum Gasteiger partial charge on any atom is -0.478 e. The van der Waals surface area contributed by atoms with E-state index < -0.39 is 15.8 Å². The molecule has 3 N–H and O–H groups in total. The lowest BCUT2D eigenvalue weighted by atomic mass is 10.1. The molecule has 7 heteroatoms. The number of thiocarbonyl (C=S) groups is 1. The summed E-state index contributed by atoms with van der Waals surface area (Å²) in [5, 5.41) is 8.68. The minimum atomic E-state index is -3.38. The van der Waals surface area contributed by atoms with Crippen LogP contribution in [0.2, 0.25) is 0 Å². The van der Waals surface area contributed by atoms with Crippen molar-refractivity contribution in [2.45, 2.75) is 5.75 Å². The van der Waals surface area contributed by atoms with Gasteiger partial charge in [-0.05, 0) is 17.7 Å². The van der Waals surface area contributed by atoms with Crippen LogP contribution in [0.5, 0.6) is 0 Å². The summed E-state index contributed by atoms with van der Waals surface area (Å²) in [6.45, 7) is 0. The number of carboxylic acids is 1. The summed E-state index contributed by atoms with van der Waals surface area (Å²) in [7, 11) is -3.38. The van der Waals surface area contributed by atoms with Gasteiger partial charge < -0.3 is 10.8 Å². The standard InChI is InChI=1S/C10H11NO4S2/c11-9(16)6-17(14,15)5-7-1-3-8(4-2-7)10(12)13/h1-4H,5-6H2,(H2,11,16)(H,12,13). The Hall–Kier alpha value is -1.47. The molecule has 0 spiro atoms. The first kappa shape index (κ1) is 13.6. The van der Waals surface area contributed by atoms with Crippen molar-refractivity contribution in [1.82, 2.24) is 0 Å². The second-order valence-corrected chi connectivity index (χ2v) is 6.09. The molecule has 0 saturated carbocycles. The molecule has 0 saturated heterocycles. The van der Waals surface area contributed by atoms with Gasteiger partial charge in [-0.15, -0.1) is 0 Å². The Kier molecular flexibility index (Phi) is 4.19. The molecule has 0 aliphatic heterocycles. The number of benzene rings is 1. The topological polar surface area (TPSA) is 97.5 Å². The zero-order valence-corrected chi connectivity index (χ0v) is 10.4. The van der Waals surface area contributed by atoms with E-state index in [4.69, 9.17) is 10.8 Å². The minimum absolute atomic E-state index is 0.0767. The van der Waals surface area contributed by atoms with Crippen LogP contribution in [0.15, 0.2) is 24.3 Å². The van der Waals surface area contributed by atoms with E-state index in [0.29, 0.717) is 5.56 Å². The van der Waals surface area contributed by atoms with Crippen molar-refractivity contribution < 1.29 is 18.3 Å². The molecule has 0 amide bonds. The second-order valence-electron chi connectivity index (χ2n) is 3.50. The predicted octanol–water partition coefficient (Wildman–Crippen LogP) is 0.586. The molecule has 1 rings (SSSR count). The van der Waals surface area contributed by atoms with Crippen LogP contribution in [0, 0.1) is 0 Å². The zero-order valence-electron chi connectivity index (χ0n) is 8.79. The monoisotopic (exact) mass is 273 g/mol. The average Bonchev–Trinajstić information content (AvgIpc) is 2.15. The fraction of sp³-hybridized carbons (Fsp3) is 0.200. The number of nitrogens with two attached hydrogens (primary N) is 1. The van der Waals surface area contributed by atoms with Crippen LogP contribution < -0.4 is 5.73 Å². The summed E-state index contributed by atoms with van der Waals surface area (Å²) in [6.07, 6.45) is 0. The van der Waals surface area contributed by atoms with Gasteiger partial charge in [0, 0.05) is 0 Å². The molecule has 5 nitrogen and oxygen atoms in total. The highest BCUT2D eigenvalue weighted by molar-refractivity contribution is 7.93. The molecular formula is C10H11NO4S2. The van der Waals surface area contributed by atoms with Crippen LogP contribution >= 0.6 is 12.2 Å². The summed E-state index contributed by atoms with van der Waals surface area (Å²) in [6, 6.07) is 5.63. The van der Waals surface area contributed by atoms with Crippen molar-refractivity contribution in [3.05, 3.63) is 35.4 Å². The van der Waals surface area contributed by atoms with Gasteiger partial charge in [-0.25, -0.2) is 13.2 Å². The van der Waals surface area contributed by atoms with Crippen molar-refractivity contribution >= 4 is 33.0 Å². The molecule has 0 atom stereocenters. The van der Waals surface area contributed by atoms with Crippen LogP contribution in [0.4, 0.5) is 0 Å². The molecule has 0 heterocycles. The normalized spacial score (nSPS) is 11.1. The zero-order chi connectivity index (χ0) is 13.1. The molecule has 17 heavy (non-hydrogen) atoms. The van der Waals surface area contributed by atoms with Gasteiger partial charge in [-0.3, -0.25) is 0 Å². The number of hydrogen-bond donors (Lipinski definition) is 2. The fourth-order valence-electron chi connectivity index (χ4n) is 1.27. The highest BCUT2D eigenvalue weighted by Crippen LogP contribution is 2.09. The van der Waals surface area contributed by atoms with Gasteiger partial charge in [0.05, 0.1) is 16.3 Å². The number of hydrogen-bond acceptors (Lipinski definition) is 4. The maximum Gasteiger partial charge on any atom is 0.335 e. The number of carboxylic acid groups (broad SMARTS) is 1. The predicted molar refractivity (Wildman–Crippen MR) is 67.7 cm³/mol. The van der Waals surface area contributed by atoms with Gasteiger partial charge in [-0.1, -0.05) is 24.4 Å². The van der Waals surface area contributed by atoms with Crippen LogP contribution in [0.3, 0.4) is 0 Å². The van der Waals surface area contributed by atoms with Gasteiger partial charge in [0.15, 0.2) is 9.84 Å². The van der Waals surface area contributed by atoms with Crippen molar-refractivity contribution in [2.24, 2.45) is 5.73 Å². The number of aromatic carboxylic acids is 1. The van der Waals surface area contributed by atoms with Gasteiger partial charge in [-0.2, -0.15) is 0 Å². The molecule has 1 aromatic rings. The highest BCUT2D eigenvalue weighted by Gasteiger charge is 2.13. The van der Waals surface area contributed by atoms with Crippen molar-refractivity contribution in [3.8, 4) is 0 Å². The smallest absolute Gasteiger partial charge is 0.335 e. The van der Waals surface area contributed by atoms with Crippen molar-refractivity contribution in [3.63, 3.8) is 0 Å². The molecular weight excluding hydrogens is 262 g/mol. The van der Waals surface area contributed by atoms with Gasteiger partial charge >= 0.3 is 5.97 Å². The summed E-state index contributed by atoms with van der Waals surface area (Å²) in [5.74, 6) is -1.60. The summed E-state index contributed by atoms with van der Waals surface area (Å²) in [5.41, 5.74) is 5.79. The van der Waals surface area contributed by atoms with E-state index in [0.717, 1.165) is 0 Å². The third-order valence-corrected chi connectivity index (χ3v) is 3.80. The number of rotatable bonds is 5. The molecule has 92 valence electrons. The van der Waals surface area contributed by atoms with E-state index in [2.05, 4.69) is 12.2 Å².